The molecule has 0 bridgehead atoms. The van der Waals surface area contributed by atoms with Crippen molar-refractivity contribution in [3.05, 3.63) is 73.6 Å². The maximum atomic E-state index is 13.5. The molecule has 36 heavy (non-hydrogen) atoms. The quantitative estimate of drug-likeness (QED) is 0.211. The van der Waals surface area contributed by atoms with E-state index in [1.165, 1.54) is 9.47 Å². The van der Waals surface area contributed by atoms with Crippen LogP contribution in [0, 0.1) is 0 Å². The van der Waals surface area contributed by atoms with Gasteiger partial charge in [0, 0.05) is 12.4 Å². The first kappa shape index (κ1) is 26.2. The van der Waals surface area contributed by atoms with Crippen LogP contribution in [0.4, 0.5) is 0 Å². The van der Waals surface area contributed by atoms with Crippen molar-refractivity contribution in [3.63, 3.8) is 0 Å². The average molecular weight is 529 g/mol. The Morgan fingerprint density at radius 3 is 2.03 bits per heavy atom. The molecule has 0 fully saturated rings. The first-order valence-electron chi connectivity index (χ1n) is 12.4. The number of aromatic nitrogens is 1. The molecule has 0 saturated heterocycles. The predicted molar refractivity (Wildman–Crippen MR) is 143 cm³/mol. The Bertz CT molecular complexity index is 1350. The summed E-state index contributed by atoms with van der Waals surface area (Å²) in [6.45, 7) is 4.57. The van der Waals surface area contributed by atoms with Crippen molar-refractivity contribution in [1.82, 2.24) is 9.47 Å². The fourth-order valence-electron chi connectivity index (χ4n) is 4.80. The van der Waals surface area contributed by atoms with Crippen LogP contribution >= 0.6 is 23.2 Å². The Kier molecular flexibility index (Phi) is 8.06. The summed E-state index contributed by atoms with van der Waals surface area (Å²) in [5, 5.41) is 1.47. The monoisotopic (exact) mass is 528 g/mol. The van der Waals surface area contributed by atoms with Gasteiger partial charge < -0.3 is 9.30 Å². The lowest BCUT2D eigenvalue weighted by Gasteiger charge is -2.30. The van der Waals surface area contributed by atoms with Gasteiger partial charge in [-0.15, -0.1) is 0 Å². The van der Waals surface area contributed by atoms with Gasteiger partial charge >= 0.3 is 0 Å². The van der Waals surface area contributed by atoms with E-state index in [0.29, 0.717) is 51.4 Å². The highest BCUT2D eigenvalue weighted by Gasteiger charge is 2.42. The van der Waals surface area contributed by atoms with Crippen molar-refractivity contribution in [2.75, 3.05) is 6.61 Å². The van der Waals surface area contributed by atoms with Crippen molar-refractivity contribution in [1.29, 1.82) is 0 Å². The maximum Gasteiger partial charge on any atom is 0.262 e. The van der Waals surface area contributed by atoms with Gasteiger partial charge in [0.1, 0.15) is 5.75 Å². The molecule has 2 aromatic carbocycles. The maximum absolute atomic E-state index is 13.5. The Morgan fingerprint density at radius 2 is 1.44 bits per heavy atom. The molecule has 2 amide bonds. The summed E-state index contributed by atoms with van der Waals surface area (Å²) in [4.78, 5) is 41.9. The molecule has 0 spiro atoms. The molecule has 3 aromatic rings. The van der Waals surface area contributed by atoms with E-state index in [2.05, 4.69) is 13.8 Å². The number of halogens is 2. The fourth-order valence-corrected chi connectivity index (χ4v) is 5.13. The Hall–Kier alpha value is -2.83. The number of nitrogens with zero attached hydrogens (tertiary/aromatic N) is 2. The molecule has 0 saturated carbocycles. The molecule has 0 radical (unpaired) electrons. The zero-order valence-corrected chi connectivity index (χ0v) is 22.3. The van der Waals surface area contributed by atoms with Crippen molar-refractivity contribution in [2.45, 2.75) is 58.4 Å². The third-order valence-corrected chi connectivity index (χ3v) is 7.43. The van der Waals surface area contributed by atoms with E-state index >= 15 is 0 Å². The molecule has 1 atom stereocenters. The first-order valence-corrected chi connectivity index (χ1v) is 13.2. The van der Waals surface area contributed by atoms with E-state index in [1.807, 2.05) is 0 Å². The molecule has 8 heteroatoms. The highest BCUT2D eigenvalue weighted by Crippen LogP contribution is 2.42. The number of fused-ring (bicyclic) bond motifs is 2. The van der Waals surface area contributed by atoms with E-state index in [4.69, 9.17) is 27.9 Å². The zero-order chi connectivity index (χ0) is 26.0. The van der Waals surface area contributed by atoms with Gasteiger partial charge in [0.2, 0.25) is 0 Å². The number of hydrogen-bond donors (Lipinski definition) is 0. The highest BCUT2D eigenvalue weighted by molar-refractivity contribution is 6.42. The molecule has 1 aromatic heterocycles. The van der Waals surface area contributed by atoms with Crippen LogP contribution in [0.2, 0.25) is 10.0 Å². The summed E-state index contributed by atoms with van der Waals surface area (Å²) in [5.74, 6) is -0.270. The molecule has 4 rings (SSSR count). The Balaban J connectivity index is 1.97. The summed E-state index contributed by atoms with van der Waals surface area (Å²) in [5.41, 5.74) is 0.945. The normalized spacial score (nSPS) is 14.0. The highest BCUT2D eigenvalue weighted by atomic mass is 35.5. The van der Waals surface area contributed by atoms with Gasteiger partial charge in [-0.25, -0.2) is 0 Å². The van der Waals surface area contributed by atoms with E-state index in [9.17, 15) is 14.4 Å². The van der Waals surface area contributed by atoms with Crippen molar-refractivity contribution < 1.29 is 14.3 Å². The standard InChI is InChI=1S/C28H30Cl2N2O4/c1-4-6-8-13-23(32-27(34)17-11-9-10-12-18(17)28(32)35)24-25(36-14-7-5-2)19-15-21(29)22(30)16-20(19)26(33)31(24)3/h9-12,15-16,23H,4-8,13-14H2,1-3H3. The van der Waals surface area contributed by atoms with Gasteiger partial charge in [0.15, 0.2) is 0 Å². The van der Waals surface area contributed by atoms with Gasteiger partial charge in [0.25, 0.3) is 17.4 Å². The molecule has 0 N–H and O–H groups in total. The SMILES string of the molecule is CCCCCC(c1c(OCCCC)c2cc(Cl)c(Cl)cc2c(=O)n1C)N1C(=O)c2ccccc2C1=O. The predicted octanol–water partition coefficient (Wildman–Crippen LogP) is 6.94. The summed E-state index contributed by atoms with van der Waals surface area (Å²) < 4.78 is 7.80. The number of pyridine rings is 1. The van der Waals surface area contributed by atoms with Crippen LogP contribution in [0.15, 0.2) is 41.2 Å². The molecule has 1 aliphatic heterocycles. The smallest absolute Gasteiger partial charge is 0.262 e. The number of imide groups is 1. The number of unbranched alkanes of at least 4 members (excludes halogenated alkanes) is 3. The second-order valence-electron chi connectivity index (χ2n) is 9.13. The largest absolute Gasteiger partial charge is 0.491 e. The topological polar surface area (TPSA) is 68.6 Å². The van der Waals surface area contributed by atoms with Gasteiger partial charge in [0.05, 0.1) is 44.9 Å². The molecular formula is C28H30Cl2N2O4. The van der Waals surface area contributed by atoms with Gasteiger partial charge in [-0.05, 0) is 37.1 Å². The van der Waals surface area contributed by atoms with Crippen LogP contribution in [0.1, 0.15) is 84.8 Å². The summed E-state index contributed by atoms with van der Waals surface area (Å²) in [6, 6.07) is 9.32. The van der Waals surface area contributed by atoms with E-state index in [1.54, 1.807) is 43.4 Å². The fraction of sp³-hybridized carbons (Fsp3) is 0.393. The lowest BCUT2D eigenvalue weighted by Crippen LogP contribution is -2.37. The van der Waals surface area contributed by atoms with Crippen molar-refractivity contribution in [2.24, 2.45) is 7.05 Å². The molecule has 6 nitrogen and oxygen atoms in total. The Labute approximate surface area is 220 Å². The molecule has 1 unspecified atom stereocenters. The minimum atomic E-state index is -0.683. The zero-order valence-electron chi connectivity index (χ0n) is 20.8. The van der Waals surface area contributed by atoms with Crippen LogP contribution in [0.3, 0.4) is 0 Å². The van der Waals surface area contributed by atoms with Gasteiger partial charge in [-0.2, -0.15) is 0 Å². The minimum Gasteiger partial charge on any atom is -0.491 e. The summed E-state index contributed by atoms with van der Waals surface area (Å²) in [6.07, 6.45) is 4.90. The third kappa shape index (κ3) is 4.64. The van der Waals surface area contributed by atoms with Crippen molar-refractivity contribution >= 4 is 45.8 Å². The number of hydrogen-bond acceptors (Lipinski definition) is 4. The van der Waals surface area contributed by atoms with Crippen LogP contribution in [0.25, 0.3) is 10.8 Å². The summed E-state index contributed by atoms with van der Waals surface area (Å²) >= 11 is 12.6. The Morgan fingerprint density at radius 1 is 0.861 bits per heavy atom. The van der Waals surface area contributed by atoms with Crippen LogP contribution in [0.5, 0.6) is 5.75 Å². The number of rotatable bonds is 10. The number of benzene rings is 2. The number of ether oxygens (including phenoxy) is 1. The lowest BCUT2D eigenvalue weighted by molar-refractivity contribution is 0.0562. The molecule has 1 aliphatic rings. The van der Waals surface area contributed by atoms with Crippen LogP contribution in [-0.2, 0) is 7.05 Å². The number of amides is 2. The number of carbonyl (C=O) groups excluding carboxylic acids is 2. The van der Waals surface area contributed by atoms with Crippen LogP contribution in [-0.4, -0.2) is 27.9 Å². The van der Waals surface area contributed by atoms with Crippen LogP contribution < -0.4 is 10.3 Å². The molecule has 2 heterocycles. The molecular weight excluding hydrogens is 499 g/mol. The van der Waals surface area contributed by atoms with E-state index < -0.39 is 6.04 Å². The average Bonchev–Trinajstić information content (AvgIpc) is 3.12. The number of carbonyl (C=O) groups is 2. The molecule has 0 aliphatic carbocycles. The van der Waals surface area contributed by atoms with E-state index in [0.717, 1.165) is 32.1 Å². The molecule has 190 valence electrons. The third-order valence-electron chi connectivity index (χ3n) is 6.71. The summed E-state index contributed by atoms with van der Waals surface area (Å²) in [7, 11) is 1.65. The van der Waals surface area contributed by atoms with Crippen molar-refractivity contribution in [3.8, 4) is 5.75 Å². The minimum absolute atomic E-state index is 0.272. The van der Waals surface area contributed by atoms with E-state index in [-0.39, 0.29) is 22.4 Å². The van der Waals surface area contributed by atoms with Gasteiger partial charge in [-0.1, -0.05) is 74.9 Å². The first-order chi connectivity index (χ1) is 17.3. The second kappa shape index (κ2) is 11.1. The van der Waals surface area contributed by atoms with Gasteiger partial charge in [-0.3, -0.25) is 19.3 Å². The second-order valence-corrected chi connectivity index (χ2v) is 9.94. The lowest BCUT2D eigenvalue weighted by atomic mass is 9.99.